The van der Waals surface area contributed by atoms with Crippen molar-refractivity contribution in [3.8, 4) is 0 Å². The summed E-state index contributed by atoms with van der Waals surface area (Å²) >= 11 is 0. The van der Waals surface area contributed by atoms with E-state index in [0.29, 0.717) is 6.42 Å². The van der Waals surface area contributed by atoms with E-state index < -0.39 is 5.97 Å². The minimum Gasteiger partial charge on any atom is -0.481 e. The van der Waals surface area contributed by atoms with E-state index >= 15 is 0 Å². The number of carboxylic acid groups (broad SMARTS) is 1. The first-order chi connectivity index (χ1) is 6.27. The normalized spacial score (nSPS) is 12.8. The molecule has 0 unspecified atom stereocenters. The fraction of sp³-hybridized carbons (Fsp3) is 0.182. The van der Waals surface area contributed by atoms with Crippen molar-refractivity contribution >= 4 is 17.6 Å². The highest BCUT2D eigenvalue weighted by molar-refractivity contribution is 5.96. The number of rotatable bonds is 3. The molecule has 0 atom stereocenters. The zero-order valence-corrected chi connectivity index (χ0v) is 7.16. The van der Waals surface area contributed by atoms with Gasteiger partial charge in [0.05, 0.1) is 0 Å². The van der Waals surface area contributed by atoms with Gasteiger partial charge in [-0.05, 0) is 23.1 Å². The monoisotopic (exact) mass is 174 g/mol. The number of benzene rings is 1. The summed E-state index contributed by atoms with van der Waals surface area (Å²) in [4.78, 5) is 10.3. The third-order valence-corrected chi connectivity index (χ3v) is 2.24. The van der Waals surface area contributed by atoms with Crippen molar-refractivity contribution in [1.29, 1.82) is 0 Å². The van der Waals surface area contributed by atoms with E-state index in [9.17, 15) is 4.79 Å². The van der Waals surface area contributed by atoms with Crippen LogP contribution in [-0.4, -0.2) is 11.1 Å². The van der Waals surface area contributed by atoms with Gasteiger partial charge in [0.1, 0.15) is 0 Å². The zero-order valence-electron chi connectivity index (χ0n) is 7.16. The van der Waals surface area contributed by atoms with Crippen LogP contribution >= 0.6 is 0 Å². The molecule has 0 saturated carbocycles. The number of carboxylic acids is 1. The van der Waals surface area contributed by atoms with Crippen molar-refractivity contribution in [3.05, 3.63) is 35.4 Å². The molecule has 0 radical (unpaired) electrons. The minimum atomic E-state index is -0.731. The van der Waals surface area contributed by atoms with Gasteiger partial charge in [-0.25, -0.2) is 0 Å². The summed E-state index contributed by atoms with van der Waals surface area (Å²) < 4.78 is 0. The first-order valence-corrected chi connectivity index (χ1v) is 4.29. The van der Waals surface area contributed by atoms with Gasteiger partial charge in [0.2, 0.25) is 0 Å². The van der Waals surface area contributed by atoms with Crippen LogP contribution in [0.15, 0.2) is 24.3 Å². The minimum absolute atomic E-state index is 0.222. The molecule has 1 aromatic carbocycles. The quantitative estimate of drug-likeness (QED) is 0.764. The van der Waals surface area contributed by atoms with E-state index in [1.54, 1.807) is 0 Å². The van der Waals surface area contributed by atoms with Crippen molar-refractivity contribution in [3.63, 3.8) is 0 Å². The molecular weight excluding hydrogens is 164 g/mol. The molecule has 0 spiro atoms. The Labute approximate surface area is 76.5 Å². The zero-order chi connectivity index (χ0) is 9.26. The van der Waals surface area contributed by atoms with E-state index in [1.165, 1.54) is 11.1 Å². The summed E-state index contributed by atoms with van der Waals surface area (Å²) in [7, 11) is 0. The van der Waals surface area contributed by atoms with Gasteiger partial charge < -0.3 is 5.11 Å². The molecule has 1 aromatic rings. The predicted molar refractivity (Wildman–Crippen MR) is 51.2 cm³/mol. The second kappa shape index (κ2) is 3.05. The number of aliphatic carboxylic acids is 1. The van der Waals surface area contributed by atoms with E-state index in [1.807, 2.05) is 24.3 Å². The van der Waals surface area contributed by atoms with Crippen LogP contribution in [0.25, 0.3) is 11.6 Å². The third kappa shape index (κ3) is 1.47. The molecule has 2 rings (SSSR count). The predicted octanol–water partition coefficient (Wildman–Crippen LogP) is 2.41. The first-order valence-electron chi connectivity index (χ1n) is 4.29. The van der Waals surface area contributed by atoms with Crippen molar-refractivity contribution in [2.75, 3.05) is 0 Å². The lowest BCUT2D eigenvalue weighted by Gasteiger charge is -2.18. The van der Waals surface area contributed by atoms with Gasteiger partial charge in [-0.3, -0.25) is 4.79 Å². The Balaban J connectivity index is 2.04. The van der Waals surface area contributed by atoms with Gasteiger partial charge in [0.25, 0.3) is 0 Å². The van der Waals surface area contributed by atoms with Gasteiger partial charge in [-0.1, -0.05) is 30.3 Å². The second-order valence-corrected chi connectivity index (χ2v) is 3.15. The highest BCUT2D eigenvalue weighted by atomic mass is 16.4. The average molecular weight is 174 g/mol. The fourth-order valence-electron chi connectivity index (χ4n) is 1.55. The van der Waals surface area contributed by atoms with Crippen LogP contribution in [0.4, 0.5) is 0 Å². The van der Waals surface area contributed by atoms with Gasteiger partial charge in [-0.2, -0.15) is 0 Å². The smallest absolute Gasteiger partial charge is 0.303 e. The van der Waals surface area contributed by atoms with Crippen molar-refractivity contribution in [1.82, 2.24) is 0 Å². The van der Waals surface area contributed by atoms with Gasteiger partial charge >= 0.3 is 5.97 Å². The summed E-state index contributed by atoms with van der Waals surface area (Å²) in [6, 6.07) is 8.04. The van der Waals surface area contributed by atoms with Crippen molar-refractivity contribution in [2.45, 2.75) is 12.8 Å². The van der Waals surface area contributed by atoms with E-state index in [2.05, 4.69) is 6.08 Å². The number of allylic oxidation sites excluding steroid dienone is 1. The Kier molecular flexibility index (Phi) is 1.89. The summed E-state index contributed by atoms with van der Waals surface area (Å²) in [6.07, 6.45) is 2.92. The Hall–Kier alpha value is -1.57. The van der Waals surface area contributed by atoms with Crippen LogP contribution in [0.2, 0.25) is 0 Å². The number of fused-ring (bicyclic) bond motifs is 1. The molecule has 0 bridgehead atoms. The highest BCUT2D eigenvalue weighted by Gasteiger charge is 2.15. The highest BCUT2D eigenvalue weighted by Crippen LogP contribution is 2.34. The molecule has 1 N–H and O–H groups in total. The fourth-order valence-corrected chi connectivity index (χ4v) is 1.55. The Bertz CT molecular complexity index is 377. The standard InChI is InChI=1S/C11H10O2/c12-11(13)6-5-9-7-8-3-1-2-4-10(8)9/h1-4,7H,5-6H2,(H,12,13). The summed E-state index contributed by atoms with van der Waals surface area (Å²) in [5.41, 5.74) is 3.60. The largest absolute Gasteiger partial charge is 0.481 e. The molecule has 1 aliphatic rings. The van der Waals surface area contributed by atoms with E-state index in [0.717, 1.165) is 5.57 Å². The number of hydrogen-bond donors (Lipinski definition) is 1. The molecule has 0 heterocycles. The van der Waals surface area contributed by atoms with Crippen LogP contribution in [-0.2, 0) is 4.79 Å². The van der Waals surface area contributed by atoms with Gasteiger partial charge in [-0.15, -0.1) is 0 Å². The molecule has 0 amide bonds. The third-order valence-electron chi connectivity index (χ3n) is 2.24. The molecular formula is C11H10O2. The molecule has 0 aliphatic heterocycles. The topological polar surface area (TPSA) is 37.3 Å². The molecule has 0 fully saturated rings. The molecule has 2 nitrogen and oxygen atoms in total. The maximum Gasteiger partial charge on any atom is 0.303 e. The number of carbonyl (C=O) groups is 1. The molecule has 66 valence electrons. The van der Waals surface area contributed by atoms with Crippen LogP contribution in [0.5, 0.6) is 0 Å². The lowest BCUT2D eigenvalue weighted by Crippen LogP contribution is -2.01. The Morgan fingerprint density at radius 1 is 1.31 bits per heavy atom. The lowest BCUT2D eigenvalue weighted by atomic mass is 9.86. The Morgan fingerprint density at radius 3 is 2.77 bits per heavy atom. The molecule has 0 aromatic heterocycles. The van der Waals surface area contributed by atoms with Crippen molar-refractivity contribution in [2.24, 2.45) is 0 Å². The molecule has 2 heteroatoms. The van der Waals surface area contributed by atoms with Crippen LogP contribution in [0.1, 0.15) is 24.0 Å². The molecule has 13 heavy (non-hydrogen) atoms. The van der Waals surface area contributed by atoms with Gasteiger partial charge in [0.15, 0.2) is 0 Å². The maximum absolute atomic E-state index is 10.3. The summed E-state index contributed by atoms with van der Waals surface area (Å²) in [5.74, 6) is -0.731. The van der Waals surface area contributed by atoms with E-state index in [-0.39, 0.29) is 6.42 Å². The van der Waals surface area contributed by atoms with Crippen LogP contribution in [0.3, 0.4) is 0 Å². The average Bonchev–Trinajstić information content (AvgIpc) is 2.06. The van der Waals surface area contributed by atoms with Crippen LogP contribution in [0, 0.1) is 0 Å². The summed E-state index contributed by atoms with van der Waals surface area (Å²) in [5, 5.41) is 8.50. The molecule has 1 aliphatic carbocycles. The summed E-state index contributed by atoms with van der Waals surface area (Å²) in [6.45, 7) is 0. The second-order valence-electron chi connectivity index (χ2n) is 3.15. The first kappa shape index (κ1) is 8.05. The SMILES string of the molecule is O=C(O)CCC1=Cc2ccccc21. The maximum atomic E-state index is 10.3. The van der Waals surface area contributed by atoms with Crippen LogP contribution < -0.4 is 0 Å². The van der Waals surface area contributed by atoms with E-state index in [4.69, 9.17) is 5.11 Å². The number of hydrogen-bond acceptors (Lipinski definition) is 1. The molecule has 0 saturated heterocycles. The van der Waals surface area contributed by atoms with Gasteiger partial charge in [0, 0.05) is 6.42 Å². The lowest BCUT2D eigenvalue weighted by molar-refractivity contribution is -0.136. The Morgan fingerprint density at radius 2 is 2.08 bits per heavy atom. The van der Waals surface area contributed by atoms with Crippen molar-refractivity contribution < 1.29 is 9.90 Å².